The molecule has 0 saturated heterocycles. The van der Waals surface area contributed by atoms with Gasteiger partial charge in [0.2, 0.25) is 0 Å². The number of benzene rings is 1. The summed E-state index contributed by atoms with van der Waals surface area (Å²) in [5.41, 5.74) is 1.25. The first-order valence-corrected chi connectivity index (χ1v) is 5.53. The van der Waals surface area contributed by atoms with Crippen molar-refractivity contribution in [2.45, 2.75) is 25.6 Å². The van der Waals surface area contributed by atoms with Crippen LogP contribution in [0.3, 0.4) is 0 Å². The van der Waals surface area contributed by atoms with Crippen LogP contribution in [0, 0.1) is 5.92 Å². The van der Waals surface area contributed by atoms with E-state index in [4.69, 9.17) is 9.47 Å². The number of ether oxygens (including phenoxy) is 2. The maximum Gasteiger partial charge on any atom is 0.0717 e. The lowest BCUT2D eigenvalue weighted by Crippen LogP contribution is -2.33. The second-order valence-electron chi connectivity index (χ2n) is 4.20. The van der Waals surface area contributed by atoms with Gasteiger partial charge >= 0.3 is 0 Å². The van der Waals surface area contributed by atoms with Crippen LogP contribution in [0.4, 0.5) is 0 Å². The Hall–Kier alpha value is -0.860. The molecule has 15 heavy (non-hydrogen) atoms. The van der Waals surface area contributed by atoms with Gasteiger partial charge in [-0.25, -0.2) is 0 Å². The smallest absolute Gasteiger partial charge is 0.0717 e. The van der Waals surface area contributed by atoms with Crippen molar-refractivity contribution in [2.75, 3.05) is 13.7 Å². The molecule has 0 radical (unpaired) electrons. The molecule has 1 aliphatic rings. The maximum absolute atomic E-state index is 5.66. The van der Waals surface area contributed by atoms with Crippen molar-refractivity contribution in [1.82, 2.24) is 0 Å². The first-order valence-electron chi connectivity index (χ1n) is 5.53. The highest BCUT2D eigenvalue weighted by Crippen LogP contribution is 2.29. The minimum atomic E-state index is 0.482. The Balaban J connectivity index is 1.60. The van der Waals surface area contributed by atoms with Crippen LogP contribution in [0.1, 0.15) is 18.4 Å². The van der Waals surface area contributed by atoms with E-state index >= 15 is 0 Å². The van der Waals surface area contributed by atoms with Gasteiger partial charge in [0.1, 0.15) is 0 Å². The molecule has 82 valence electrons. The minimum Gasteiger partial charge on any atom is -0.381 e. The van der Waals surface area contributed by atoms with E-state index in [2.05, 4.69) is 12.1 Å². The second-order valence-corrected chi connectivity index (χ2v) is 4.20. The van der Waals surface area contributed by atoms with E-state index < -0.39 is 0 Å². The molecule has 0 bridgehead atoms. The van der Waals surface area contributed by atoms with Gasteiger partial charge in [-0.05, 0) is 24.3 Å². The van der Waals surface area contributed by atoms with Gasteiger partial charge in [0.15, 0.2) is 0 Å². The molecular weight excluding hydrogens is 188 g/mol. The van der Waals surface area contributed by atoms with Gasteiger partial charge in [-0.2, -0.15) is 0 Å². The molecule has 0 amide bonds. The Labute approximate surface area is 91.2 Å². The summed E-state index contributed by atoms with van der Waals surface area (Å²) in [6.45, 7) is 1.60. The van der Waals surface area contributed by atoms with Crippen molar-refractivity contribution < 1.29 is 9.47 Å². The Morgan fingerprint density at radius 2 is 1.93 bits per heavy atom. The summed E-state index contributed by atoms with van der Waals surface area (Å²) >= 11 is 0. The maximum atomic E-state index is 5.66. The summed E-state index contributed by atoms with van der Waals surface area (Å²) in [6.07, 6.45) is 2.80. The average Bonchev–Trinajstić information content (AvgIpc) is 2.23. The lowest BCUT2D eigenvalue weighted by atomic mass is 9.83. The third-order valence-electron chi connectivity index (χ3n) is 2.99. The van der Waals surface area contributed by atoms with Crippen LogP contribution >= 0.6 is 0 Å². The Morgan fingerprint density at radius 1 is 1.20 bits per heavy atom. The molecule has 0 spiro atoms. The third-order valence-corrected chi connectivity index (χ3v) is 2.99. The third kappa shape index (κ3) is 3.05. The summed E-state index contributed by atoms with van der Waals surface area (Å²) in [4.78, 5) is 0. The molecule has 2 heteroatoms. The highest BCUT2D eigenvalue weighted by Gasteiger charge is 2.28. The van der Waals surface area contributed by atoms with Crippen LogP contribution in [-0.2, 0) is 16.1 Å². The van der Waals surface area contributed by atoms with E-state index in [-0.39, 0.29) is 0 Å². The van der Waals surface area contributed by atoms with Crippen LogP contribution < -0.4 is 0 Å². The number of hydrogen-bond acceptors (Lipinski definition) is 2. The van der Waals surface area contributed by atoms with E-state index in [1.54, 1.807) is 7.11 Å². The van der Waals surface area contributed by atoms with Crippen LogP contribution in [0.5, 0.6) is 0 Å². The van der Waals surface area contributed by atoms with Crippen LogP contribution in [0.2, 0.25) is 0 Å². The lowest BCUT2D eigenvalue weighted by Gasteiger charge is -2.33. The molecule has 2 rings (SSSR count). The van der Waals surface area contributed by atoms with Gasteiger partial charge in [-0.1, -0.05) is 30.3 Å². The molecule has 0 heterocycles. The summed E-state index contributed by atoms with van der Waals surface area (Å²) in [7, 11) is 1.78. The fourth-order valence-corrected chi connectivity index (χ4v) is 1.92. The van der Waals surface area contributed by atoms with Gasteiger partial charge in [-0.3, -0.25) is 0 Å². The molecule has 2 nitrogen and oxygen atoms in total. The van der Waals surface area contributed by atoms with Crippen molar-refractivity contribution in [3.8, 4) is 0 Å². The van der Waals surface area contributed by atoms with Crippen molar-refractivity contribution in [2.24, 2.45) is 5.92 Å². The Bertz CT molecular complexity index is 278. The quantitative estimate of drug-likeness (QED) is 0.737. The molecule has 1 aromatic carbocycles. The Morgan fingerprint density at radius 3 is 2.60 bits per heavy atom. The predicted octanol–water partition coefficient (Wildman–Crippen LogP) is 2.63. The van der Waals surface area contributed by atoms with E-state index in [0.29, 0.717) is 12.0 Å². The summed E-state index contributed by atoms with van der Waals surface area (Å²) in [6, 6.07) is 10.3. The molecule has 1 aromatic rings. The van der Waals surface area contributed by atoms with Crippen LogP contribution in [-0.4, -0.2) is 19.8 Å². The molecule has 1 fully saturated rings. The minimum absolute atomic E-state index is 0.482. The topological polar surface area (TPSA) is 18.5 Å². The van der Waals surface area contributed by atoms with Crippen molar-refractivity contribution in [3.63, 3.8) is 0 Å². The highest BCUT2D eigenvalue weighted by molar-refractivity contribution is 5.13. The zero-order chi connectivity index (χ0) is 10.5. The fourth-order valence-electron chi connectivity index (χ4n) is 1.92. The summed E-state index contributed by atoms with van der Waals surface area (Å²) in [5, 5.41) is 0. The molecule has 0 aromatic heterocycles. The zero-order valence-corrected chi connectivity index (χ0v) is 9.19. The molecular formula is C13H18O2. The SMILES string of the molecule is CO[C@H]1C[C@@H](COCc2ccccc2)C1. The van der Waals surface area contributed by atoms with Gasteiger partial charge in [0.25, 0.3) is 0 Å². The van der Waals surface area contributed by atoms with Gasteiger partial charge in [0, 0.05) is 7.11 Å². The number of methoxy groups -OCH3 is 1. The average molecular weight is 206 g/mol. The molecule has 1 aliphatic carbocycles. The molecule has 0 atom stereocenters. The van der Waals surface area contributed by atoms with E-state index in [1.807, 2.05) is 18.2 Å². The fraction of sp³-hybridized carbons (Fsp3) is 0.538. The largest absolute Gasteiger partial charge is 0.381 e. The van der Waals surface area contributed by atoms with E-state index in [9.17, 15) is 0 Å². The van der Waals surface area contributed by atoms with Crippen LogP contribution in [0.25, 0.3) is 0 Å². The van der Waals surface area contributed by atoms with Crippen molar-refractivity contribution >= 4 is 0 Å². The zero-order valence-electron chi connectivity index (χ0n) is 9.19. The summed E-state index contributed by atoms with van der Waals surface area (Å²) < 4.78 is 10.9. The summed E-state index contributed by atoms with van der Waals surface area (Å²) in [5.74, 6) is 0.707. The van der Waals surface area contributed by atoms with E-state index in [0.717, 1.165) is 26.1 Å². The van der Waals surface area contributed by atoms with Gasteiger partial charge in [0.05, 0.1) is 19.3 Å². The van der Waals surface area contributed by atoms with Crippen molar-refractivity contribution in [3.05, 3.63) is 35.9 Å². The normalized spacial score (nSPS) is 24.9. The predicted molar refractivity (Wildman–Crippen MR) is 59.6 cm³/mol. The monoisotopic (exact) mass is 206 g/mol. The number of rotatable bonds is 5. The number of hydrogen-bond donors (Lipinski definition) is 0. The van der Waals surface area contributed by atoms with Crippen molar-refractivity contribution in [1.29, 1.82) is 0 Å². The first-order chi connectivity index (χ1) is 7.38. The van der Waals surface area contributed by atoms with Gasteiger partial charge < -0.3 is 9.47 Å². The highest BCUT2D eigenvalue weighted by atomic mass is 16.5. The van der Waals surface area contributed by atoms with Crippen LogP contribution in [0.15, 0.2) is 30.3 Å². The molecule has 0 unspecified atom stereocenters. The molecule has 0 N–H and O–H groups in total. The van der Waals surface area contributed by atoms with Gasteiger partial charge in [-0.15, -0.1) is 0 Å². The lowest BCUT2D eigenvalue weighted by molar-refractivity contribution is -0.0376. The molecule has 0 aliphatic heterocycles. The Kier molecular flexibility index (Phi) is 3.75. The standard InChI is InChI=1S/C13H18O2/c1-14-13-7-12(8-13)10-15-9-11-5-3-2-4-6-11/h2-6,12-13H,7-10H2,1H3/t12-,13+. The molecule has 1 saturated carbocycles. The van der Waals surface area contributed by atoms with E-state index in [1.165, 1.54) is 5.56 Å². The second kappa shape index (κ2) is 5.29. The first kappa shape index (κ1) is 10.7.